The molecule has 1 amide bonds. The molecule has 1 aromatic carbocycles. The van der Waals surface area contributed by atoms with Gasteiger partial charge in [-0.2, -0.15) is 0 Å². The third kappa shape index (κ3) is 2.98. The zero-order chi connectivity index (χ0) is 14.8. The molecular formula is C13H17N3O3S. The lowest BCUT2D eigenvalue weighted by Crippen LogP contribution is -2.10. The number of hydrogen-bond donors (Lipinski definition) is 2. The number of fused-ring (bicyclic) bond motifs is 1. The number of benzene rings is 1. The summed E-state index contributed by atoms with van der Waals surface area (Å²) < 4.78 is 24.2. The van der Waals surface area contributed by atoms with Crippen LogP contribution in [0.4, 0.5) is 0 Å². The number of nitrogens with two attached hydrogens (primary N) is 1. The standard InChI is InChI=1S/C13H17N3O3S/c1-2-3-4-7-20(18,19)13-15-10-6-5-9(12(14)17)8-11(10)16-13/h5-6,8H,2-4,7H2,1H3,(H2,14,17)(H,15,16). The summed E-state index contributed by atoms with van der Waals surface area (Å²) in [5, 5.41) is -0.0507. The number of carbonyl (C=O) groups excluding carboxylic acids is 1. The fraction of sp³-hybridized carbons (Fsp3) is 0.385. The number of primary amides is 1. The Morgan fingerprint density at radius 3 is 2.75 bits per heavy atom. The van der Waals surface area contributed by atoms with Crippen molar-refractivity contribution < 1.29 is 13.2 Å². The van der Waals surface area contributed by atoms with Crippen molar-refractivity contribution in [2.75, 3.05) is 5.75 Å². The second-order valence-electron chi connectivity index (χ2n) is 4.66. The van der Waals surface area contributed by atoms with Crippen molar-refractivity contribution in [1.29, 1.82) is 0 Å². The van der Waals surface area contributed by atoms with Gasteiger partial charge in [-0.05, 0) is 24.6 Å². The quantitative estimate of drug-likeness (QED) is 0.790. The molecule has 0 aliphatic rings. The van der Waals surface area contributed by atoms with E-state index in [9.17, 15) is 13.2 Å². The van der Waals surface area contributed by atoms with E-state index >= 15 is 0 Å². The van der Waals surface area contributed by atoms with Crippen molar-refractivity contribution in [1.82, 2.24) is 9.97 Å². The fourth-order valence-corrected chi connectivity index (χ4v) is 3.21. The summed E-state index contributed by atoms with van der Waals surface area (Å²) in [5.41, 5.74) is 6.50. The summed E-state index contributed by atoms with van der Waals surface area (Å²) in [6.45, 7) is 2.01. The second kappa shape index (κ2) is 5.62. The Bertz CT molecular complexity index is 734. The molecule has 3 N–H and O–H groups in total. The Hall–Kier alpha value is -1.89. The maximum Gasteiger partial charge on any atom is 0.248 e. The number of aromatic amines is 1. The average molecular weight is 295 g/mol. The zero-order valence-electron chi connectivity index (χ0n) is 11.2. The van der Waals surface area contributed by atoms with Crippen molar-refractivity contribution in [3.63, 3.8) is 0 Å². The second-order valence-corrected chi connectivity index (χ2v) is 6.69. The van der Waals surface area contributed by atoms with Gasteiger partial charge >= 0.3 is 0 Å². The lowest BCUT2D eigenvalue weighted by Gasteiger charge is -1.99. The van der Waals surface area contributed by atoms with Gasteiger partial charge < -0.3 is 10.7 Å². The van der Waals surface area contributed by atoms with Gasteiger partial charge in [-0.25, -0.2) is 13.4 Å². The molecule has 0 aliphatic carbocycles. The van der Waals surface area contributed by atoms with Crippen molar-refractivity contribution in [2.45, 2.75) is 31.3 Å². The number of amides is 1. The molecule has 108 valence electrons. The first-order chi connectivity index (χ1) is 9.44. The van der Waals surface area contributed by atoms with E-state index < -0.39 is 15.7 Å². The molecule has 1 aromatic heterocycles. The maximum absolute atomic E-state index is 12.1. The molecule has 20 heavy (non-hydrogen) atoms. The highest BCUT2D eigenvalue weighted by Crippen LogP contribution is 2.18. The van der Waals surface area contributed by atoms with E-state index in [1.54, 1.807) is 6.07 Å². The van der Waals surface area contributed by atoms with Crippen LogP contribution in [0.3, 0.4) is 0 Å². The molecule has 0 fully saturated rings. The average Bonchev–Trinajstić information content (AvgIpc) is 2.82. The predicted molar refractivity (Wildman–Crippen MR) is 76.2 cm³/mol. The van der Waals surface area contributed by atoms with E-state index in [4.69, 9.17) is 5.73 Å². The Kier molecular flexibility index (Phi) is 4.08. The number of nitrogens with one attached hydrogen (secondary N) is 1. The number of imidazole rings is 1. The van der Waals surface area contributed by atoms with Crippen LogP contribution >= 0.6 is 0 Å². The van der Waals surface area contributed by atoms with E-state index in [-0.39, 0.29) is 10.9 Å². The minimum absolute atomic E-state index is 0.0507. The normalized spacial score (nSPS) is 11.8. The monoisotopic (exact) mass is 295 g/mol. The summed E-state index contributed by atoms with van der Waals surface area (Å²) in [6.07, 6.45) is 2.44. The Balaban J connectivity index is 2.34. The number of nitrogens with zero attached hydrogens (tertiary/aromatic N) is 1. The van der Waals surface area contributed by atoms with Crippen LogP contribution in [-0.2, 0) is 9.84 Å². The van der Waals surface area contributed by atoms with E-state index in [2.05, 4.69) is 9.97 Å². The summed E-state index contributed by atoms with van der Waals surface area (Å²) in [6, 6.07) is 4.62. The molecule has 0 saturated carbocycles. The van der Waals surface area contributed by atoms with Crippen LogP contribution in [0.2, 0.25) is 0 Å². The number of sulfone groups is 1. The number of carbonyl (C=O) groups is 1. The number of hydrogen-bond acceptors (Lipinski definition) is 4. The molecule has 2 rings (SSSR count). The van der Waals surface area contributed by atoms with E-state index in [0.717, 1.165) is 12.8 Å². The first-order valence-electron chi connectivity index (χ1n) is 6.46. The van der Waals surface area contributed by atoms with Gasteiger partial charge in [0.05, 0.1) is 16.8 Å². The fourth-order valence-electron chi connectivity index (χ4n) is 1.93. The maximum atomic E-state index is 12.1. The molecule has 2 aromatic rings. The van der Waals surface area contributed by atoms with Crippen LogP contribution in [-0.4, -0.2) is 30.0 Å². The SMILES string of the molecule is CCCCCS(=O)(=O)c1nc2ccc(C(N)=O)cc2[nH]1. The van der Waals surface area contributed by atoms with Crippen LogP contribution in [0.15, 0.2) is 23.4 Å². The van der Waals surface area contributed by atoms with Crippen molar-refractivity contribution in [3.8, 4) is 0 Å². The lowest BCUT2D eigenvalue weighted by atomic mass is 10.2. The van der Waals surface area contributed by atoms with Gasteiger partial charge in [0.15, 0.2) is 0 Å². The molecule has 0 aliphatic heterocycles. The van der Waals surface area contributed by atoms with Gasteiger partial charge in [-0.1, -0.05) is 19.8 Å². The van der Waals surface area contributed by atoms with Gasteiger partial charge in [0.1, 0.15) is 0 Å². The highest BCUT2D eigenvalue weighted by Gasteiger charge is 2.19. The Morgan fingerprint density at radius 2 is 2.10 bits per heavy atom. The molecule has 0 radical (unpaired) electrons. The lowest BCUT2D eigenvalue weighted by molar-refractivity contribution is 0.100. The molecule has 0 unspecified atom stereocenters. The molecule has 1 heterocycles. The highest BCUT2D eigenvalue weighted by molar-refractivity contribution is 7.91. The zero-order valence-corrected chi connectivity index (χ0v) is 12.0. The molecule has 0 saturated heterocycles. The van der Waals surface area contributed by atoms with Crippen LogP contribution in [0, 0.1) is 0 Å². The van der Waals surface area contributed by atoms with Crippen molar-refractivity contribution in [2.24, 2.45) is 5.73 Å². The number of rotatable bonds is 6. The first kappa shape index (κ1) is 14.5. The summed E-state index contributed by atoms with van der Waals surface area (Å²) >= 11 is 0. The van der Waals surface area contributed by atoms with Gasteiger partial charge in [-0.15, -0.1) is 0 Å². The smallest absolute Gasteiger partial charge is 0.248 e. The van der Waals surface area contributed by atoms with Crippen LogP contribution in [0.5, 0.6) is 0 Å². The molecule has 0 spiro atoms. The summed E-state index contributed by atoms with van der Waals surface area (Å²) in [7, 11) is -3.41. The van der Waals surface area contributed by atoms with Crippen molar-refractivity contribution in [3.05, 3.63) is 23.8 Å². The predicted octanol–water partition coefficient (Wildman–Crippen LogP) is 1.63. The largest absolute Gasteiger partial charge is 0.366 e. The summed E-state index contributed by atoms with van der Waals surface area (Å²) in [5.74, 6) is -0.488. The van der Waals surface area contributed by atoms with Gasteiger partial charge in [0, 0.05) is 5.56 Å². The van der Waals surface area contributed by atoms with Crippen molar-refractivity contribution >= 4 is 26.8 Å². The van der Waals surface area contributed by atoms with E-state index in [1.165, 1.54) is 12.1 Å². The number of aromatic nitrogens is 2. The third-order valence-electron chi connectivity index (χ3n) is 3.06. The van der Waals surface area contributed by atoms with Gasteiger partial charge in [-0.3, -0.25) is 4.79 Å². The van der Waals surface area contributed by atoms with E-state index in [0.29, 0.717) is 23.0 Å². The van der Waals surface area contributed by atoms with Gasteiger partial charge in [0.2, 0.25) is 20.9 Å². The molecule has 6 nitrogen and oxygen atoms in total. The number of unbranched alkanes of at least 4 members (excludes halogenated alkanes) is 2. The van der Waals surface area contributed by atoms with Crippen LogP contribution < -0.4 is 5.73 Å². The molecule has 0 bridgehead atoms. The van der Waals surface area contributed by atoms with Crippen LogP contribution in [0.25, 0.3) is 11.0 Å². The Morgan fingerprint density at radius 1 is 1.35 bits per heavy atom. The topological polar surface area (TPSA) is 106 Å². The molecule has 7 heteroatoms. The number of H-pyrrole nitrogens is 1. The van der Waals surface area contributed by atoms with E-state index in [1.807, 2.05) is 6.92 Å². The summed E-state index contributed by atoms with van der Waals surface area (Å²) in [4.78, 5) is 17.9. The highest BCUT2D eigenvalue weighted by atomic mass is 32.2. The first-order valence-corrected chi connectivity index (χ1v) is 8.11. The molecular weight excluding hydrogens is 278 g/mol. The minimum Gasteiger partial charge on any atom is -0.366 e. The minimum atomic E-state index is -3.41. The third-order valence-corrected chi connectivity index (χ3v) is 4.66. The van der Waals surface area contributed by atoms with Gasteiger partial charge in [0.25, 0.3) is 0 Å². The van der Waals surface area contributed by atoms with Crippen LogP contribution in [0.1, 0.15) is 36.5 Å². The Labute approximate surface area is 117 Å². The molecule has 0 atom stereocenters.